The van der Waals surface area contributed by atoms with Crippen molar-refractivity contribution in [1.29, 1.82) is 0 Å². The van der Waals surface area contributed by atoms with Crippen LogP contribution in [0, 0.1) is 5.92 Å². The molecule has 0 aliphatic carbocycles. The summed E-state index contributed by atoms with van der Waals surface area (Å²) < 4.78 is 0. The van der Waals surface area contributed by atoms with Crippen molar-refractivity contribution in [3.05, 3.63) is 70.7 Å². The van der Waals surface area contributed by atoms with Crippen LogP contribution in [0.3, 0.4) is 0 Å². The van der Waals surface area contributed by atoms with Crippen LogP contribution in [0.5, 0.6) is 0 Å². The van der Waals surface area contributed by atoms with Crippen molar-refractivity contribution in [1.82, 2.24) is 4.90 Å². The molecular formula is C20H24ClN. The molecule has 2 unspecified atom stereocenters. The lowest BCUT2D eigenvalue weighted by Gasteiger charge is -2.38. The van der Waals surface area contributed by atoms with Gasteiger partial charge in [-0.05, 0) is 48.1 Å². The summed E-state index contributed by atoms with van der Waals surface area (Å²) in [6.07, 6.45) is 2.54. The van der Waals surface area contributed by atoms with Gasteiger partial charge in [-0.1, -0.05) is 67.4 Å². The molecule has 0 amide bonds. The van der Waals surface area contributed by atoms with Gasteiger partial charge >= 0.3 is 0 Å². The summed E-state index contributed by atoms with van der Waals surface area (Å²) >= 11 is 6.05. The lowest BCUT2D eigenvalue weighted by atomic mass is 9.79. The van der Waals surface area contributed by atoms with E-state index >= 15 is 0 Å². The Labute approximate surface area is 138 Å². The third-order valence-electron chi connectivity index (χ3n) is 4.91. The van der Waals surface area contributed by atoms with Gasteiger partial charge in [0.1, 0.15) is 0 Å². The fourth-order valence-corrected chi connectivity index (χ4v) is 3.76. The second-order valence-electron chi connectivity index (χ2n) is 6.34. The van der Waals surface area contributed by atoms with Gasteiger partial charge in [-0.15, -0.1) is 0 Å². The van der Waals surface area contributed by atoms with Crippen LogP contribution in [0.4, 0.5) is 0 Å². The molecule has 0 saturated carbocycles. The van der Waals surface area contributed by atoms with E-state index in [0.29, 0.717) is 5.92 Å². The highest BCUT2D eigenvalue weighted by Crippen LogP contribution is 2.35. The Morgan fingerprint density at radius 1 is 1.05 bits per heavy atom. The Balaban J connectivity index is 1.73. The zero-order chi connectivity index (χ0) is 15.4. The first-order valence-electron chi connectivity index (χ1n) is 8.28. The summed E-state index contributed by atoms with van der Waals surface area (Å²) in [5.41, 5.74) is 2.85. The monoisotopic (exact) mass is 313 g/mol. The van der Waals surface area contributed by atoms with Crippen molar-refractivity contribution >= 4 is 11.6 Å². The Bertz CT molecular complexity index is 578. The molecule has 2 aromatic rings. The van der Waals surface area contributed by atoms with Gasteiger partial charge in [-0.25, -0.2) is 0 Å². The van der Waals surface area contributed by atoms with Crippen LogP contribution in [-0.2, 0) is 6.54 Å². The van der Waals surface area contributed by atoms with E-state index in [1.165, 1.54) is 30.5 Å². The maximum atomic E-state index is 6.05. The molecule has 0 radical (unpaired) electrons. The van der Waals surface area contributed by atoms with Gasteiger partial charge < -0.3 is 0 Å². The summed E-state index contributed by atoms with van der Waals surface area (Å²) in [5, 5.41) is 0.828. The quantitative estimate of drug-likeness (QED) is 0.735. The number of likely N-dealkylation sites (tertiary alicyclic amines) is 1. The third-order valence-corrected chi connectivity index (χ3v) is 5.16. The summed E-state index contributed by atoms with van der Waals surface area (Å²) in [7, 11) is 0. The first-order chi connectivity index (χ1) is 10.8. The van der Waals surface area contributed by atoms with Crippen LogP contribution in [0.2, 0.25) is 5.02 Å². The predicted octanol–water partition coefficient (Wildman–Crippen LogP) is 5.36. The Kier molecular flexibility index (Phi) is 5.17. The number of nitrogens with zero attached hydrogens (tertiary/aromatic N) is 1. The zero-order valence-corrected chi connectivity index (χ0v) is 14.0. The van der Waals surface area contributed by atoms with Crippen molar-refractivity contribution < 1.29 is 0 Å². The van der Waals surface area contributed by atoms with E-state index in [0.717, 1.165) is 24.0 Å². The molecule has 1 aliphatic rings. The van der Waals surface area contributed by atoms with Crippen LogP contribution in [-0.4, -0.2) is 18.0 Å². The summed E-state index contributed by atoms with van der Waals surface area (Å²) in [6.45, 7) is 5.73. The van der Waals surface area contributed by atoms with E-state index in [1.54, 1.807) is 0 Å². The first kappa shape index (κ1) is 15.6. The van der Waals surface area contributed by atoms with Crippen LogP contribution < -0.4 is 0 Å². The van der Waals surface area contributed by atoms with Crippen LogP contribution in [0.15, 0.2) is 54.6 Å². The van der Waals surface area contributed by atoms with Crippen molar-refractivity contribution in [2.24, 2.45) is 5.92 Å². The van der Waals surface area contributed by atoms with Crippen LogP contribution >= 0.6 is 11.6 Å². The molecule has 3 rings (SSSR count). The molecule has 0 bridgehead atoms. The normalized spacial score (nSPS) is 22.6. The van der Waals surface area contributed by atoms with Gasteiger partial charge in [-0.3, -0.25) is 4.90 Å². The number of halogens is 1. The topological polar surface area (TPSA) is 3.24 Å². The summed E-state index contributed by atoms with van der Waals surface area (Å²) in [6, 6.07) is 19.3. The van der Waals surface area contributed by atoms with Gasteiger partial charge in [-0.2, -0.15) is 0 Å². The second-order valence-corrected chi connectivity index (χ2v) is 6.77. The average molecular weight is 314 g/mol. The molecule has 0 spiro atoms. The maximum Gasteiger partial charge on any atom is 0.0406 e. The van der Waals surface area contributed by atoms with E-state index in [2.05, 4.69) is 54.3 Å². The molecule has 1 fully saturated rings. The van der Waals surface area contributed by atoms with Crippen molar-refractivity contribution in [3.63, 3.8) is 0 Å². The minimum Gasteiger partial charge on any atom is -0.298 e. The van der Waals surface area contributed by atoms with Gasteiger partial charge in [0.15, 0.2) is 0 Å². The number of hydrogen-bond acceptors (Lipinski definition) is 1. The molecule has 2 heteroatoms. The molecule has 0 N–H and O–H groups in total. The number of rotatable bonds is 4. The molecule has 2 atom stereocenters. The highest BCUT2D eigenvalue weighted by Gasteiger charge is 2.29. The molecule has 116 valence electrons. The van der Waals surface area contributed by atoms with Crippen molar-refractivity contribution in [3.8, 4) is 0 Å². The average Bonchev–Trinajstić information content (AvgIpc) is 2.56. The molecule has 1 aliphatic heterocycles. The second kappa shape index (κ2) is 7.30. The zero-order valence-electron chi connectivity index (χ0n) is 13.2. The number of benzene rings is 2. The minimum atomic E-state index is 0.625. The van der Waals surface area contributed by atoms with Gasteiger partial charge in [0, 0.05) is 18.1 Å². The van der Waals surface area contributed by atoms with Gasteiger partial charge in [0.25, 0.3) is 0 Å². The molecule has 0 aromatic heterocycles. The van der Waals surface area contributed by atoms with Crippen molar-refractivity contribution in [2.75, 3.05) is 13.1 Å². The fraction of sp³-hybridized carbons (Fsp3) is 0.400. The van der Waals surface area contributed by atoms with Gasteiger partial charge in [0.05, 0.1) is 0 Å². The fourth-order valence-electron chi connectivity index (χ4n) is 3.63. The predicted molar refractivity (Wildman–Crippen MR) is 94.3 cm³/mol. The summed E-state index contributed by atoms with van der Waals surface area (Å²) in [5.74, 6) is 1.41. The number of hydrogen-bond donors (Lipinski definition) is 0. The van der Waals surface area contributed by atoms with Crippen molar-refractivity contribution in [2.45, 2.75) is 32.2 Å². The SMILES string of the molecule is CCC1CCN(Cc2ccccc2)CC1c1ccc(Cl)cc1. The van der Waals surface area contributed by atoms with E-state index in [-0.39, 0.29) is 0 Å². The smallest absolute Gasteiger partial charge is 0.0406 e. The largest absolute Gasteiger partial charge is 0.298 e. The highest BCUT2D eigenvalue weighted by atomic mass is 35.5. The van der Waals surface area contributed by atoms with E-state index in [1.807, 2.05) is 12.1 Å². The molecule has 22 heavy (non-hydrogen) atoms. The molecular weight excluding hydrogens is 290 g/mol. The van der Waals surface area contributed by atoms with Crippen LogP contribution in [0.1, 0.15) is 36.8 Å². The third kappa shape index (κ3) is 3.71. The Morgan fingerprint density at radius 3 is 2.45 bits per heavy atom. The van der Waals surface area contributed by atoms with Crippen LogP contribution in [0.25, 0.3) is 0 Å². The van der Waals surface area contributed by atoms with E-state index in [4.69, 9.17) is 11.6 Å². The number of piperidine rings is 1. The maximum absolute atomic E-state index is 6.05. The lowest BCUT2D eigenvalue weighted by molar-refractivity contribution is 0.149. The lowest BCUT2D eigenvalue weighted by Crippen LogP contribution is -2.38. The molecule has 1 saturated heterocycles. The standard InChI is InChI=1S/C20H24ClN/c1-2-17-12-13-22(14-16-6-4-3-5-7-16)15-20(17)18-8-10-19(21)11-9-18/h3-11,17,20H,2,12-15H2,1H3. The first-order valence-corrected chi connectivity index (χ1v) is 8.66. The van der Waals surface area contributed by atoms with E-state index in [9.17, 15) is 0 Å². The molecule has 1 nitrogen and oxygen atoms in total. The Morgan fingerprint density at radius 2 is 1.77 bits per heavy atom. The summed E-state index contributed by atoms with van der Waals surface area (Å²) in [4.78, 5) is 2.60. The minimum absolute atomic E-state index is 0.625. The van der Waals surface area contributed by atoms with E-state index < -0.39 is 0 Å². The molecule has 2 aromatic carbocycles. The highest BCUT2D eigenvalue weighted by molar-refractivity contribution is 6.30. The molecule has 1 heterocycles. The van der Waals surface area contributed by atoms with Gasteiger partial charge in [0.2, 0.25) is 0 Å². The Hall–Kier alpha value is -1.31.